The van der Waals surface area contributed by atoms with Gasteiger partial charge in [-0.05, 0) is 31.4 Å². The predicted molar refractivity (Wildman–Crippen MR) is 54.1 cm³/mol. The van der Waals surface area contributed by atoms with Crippen LogP contribution in [-0.4, -0.2) is 19.3 Å². The zero-order chi connectivity index (χ0) is 9.80. The van der Waals surface area contributed by atoms with Crippen LogP contribution >= 0.6 is 0 Å². The second-order valence-corrected chi connectivity index (χ2v) is 3.79. The molecule has 1 atom stereocenters. The molecule has 0 radical (unpaired) electrons. The van der Waals surface area contributed by atoms with E-state index in [2.05, 4.69) is 12.2 Å². The average molecular weight is 195 g/mol. The van der Waals surface area contributed by atoms with Gasteiger partial charge in [0.2, 0.25) is 0 Å². The first-order chi connectivity index (χ1) is 6.86. The van der Waals surface area contributed by atoms with Gasteiger partial charge in [0, 0.05) is 13.2 Å². The lowest BCUT2D eigenvalue weighted by atomic mass is 10.2. The monoisotopic (exact) mass is 195 g/mol. The van der Waals surface area contributed by atoms with Gasteiger partial charge >= 0.3 is 0 Å². The Morgan fingerprint density at radius 2 is 2.50 bits per heavy atom. The van der Waals surface area contributed by atoms with Crippen molar-refractivity contribution in [3.63, 3.8) is 0 Å². The molecule has 0 aromatic carbocycles. The third-order valence-electron chi connectivity index (χ3n) is 2.65. The fourth-order valence-electron chi connectivity index (χ4n) is 1.74. The number of rotatable bonds is 4. The van der Waals surface area contributed by atoms with Crippen LogP contribution in [-0.2, 0) is 11.3 Å². The van der Waals surface area contributed by atoms with E-state index >= 15 is 0 Å². The Balaban J connectivity index is 1.70. The molecule has 1 unspecified atom stereocenters. The summed E-state index contributed by atoms with van der Waals surface area (Å²) >= 11 is 0. The van der Waals surface area contributed by atoms with E-state index in [4.69, 9.17) is 9.15 Å². The van der Waals surface area contributed by atoms with Crippen LogP contribution < -0.4 is 5.32 Å². The van der Waals surface area contributed by atoms with Crippen molar-refractivity contribution in [3.8, 4) is 0 Å². The molecule has 1 aromatic heterocycles. The largest absolute Gasteiger partial charge is 0.468 e. The highest BCUT2D eigenvalue weighted by Gasteiger charge is 2.14. The molecule has 0 aliphatic carbocycles. The summed E-state index contributed by atoms with van der Waals surface area (Å²) in [5.74, 6) is 1.03. The Morgan fingerprint density at radius 1 is 1.57 bits per heavy atom. The Labute approximate surface area is 84.4 Å². The second kappa shape index (κ2) is 4.62. The summed E-state index contributed by atoms with van der Waals surface area (Å²) in [5, 5.41) is 3.35. The van der Waals surface area contributed by atoms with Crippen LogP contribution in [0.3, 0.4) is 0 Å². The summed E-state index contributed by atoms with van der Waals surface area (Å²) in [6.45, 7) is 4.72. The molecular weight excluding hydrogens is 178 g/mol. The van der Waals surface area contributed by atoms with E-state index in [1.54, 1.807) is 6.26 Å². The van der Waals surface area contributed by atoms with Gasteiger partial charge in [-0.1, -0.05) is 0 Å². The number of hydrogen-bond donors (Lipinski definition) is 1. The van der Waals surface area contributed by atoms with Crippen LogP contribution in [0.1, 0.15) is 24.2 Å². The molecule has 0 bridgehead atoms. The number of aryl methyl sites for hydroxylation is 1. The van der Waals surface area contributed by atoms with Crippen LogP contribution in [0, 0.1) is 6.92 Å². The highest BCUT2D eigenvalue weighted by molar-refractivity contribution is 5.14. The molecule has 1 aliphatic heterocycles. The third-order valence-corrected chi connectivity index (χ3v) is 2.65. The Kier molecular flexibility index (Phi) is 3.22. The van der Waals surface area contributed by atoms with E-state index in [0.717, 1.165) is 25.5 Å². The van der Waals surface area contributed by atoms with Gasteiger partial charge in [0.1, 0.15) is 5.76 Å². The van der Waals surface area contributed by atoms with Gasteiger partial charge in [-0.3, -0.25) is 0 Å². The number of nitrogens with one attached hydrogen (secondary N) is 1. The van der Waals surface area contributed by atoms with Crippen molar-refractivity contribution < 1.29 is 9.15 Å². The lowest BCUT2D eigenvalue weighted by Crippen LogP contribution is -2.25. The topological polar surface area (TPSA) is 34.4 Å². The minimum Gasteiger partial charge on any atom is -0.468 e. The SMILES string of the molecule is Cc1ccoc1CNCC1CCCO1. The molecule has 0 spiro atoms. The van der Waals surface area contributed by atoms with Crippen molar-refractivity contribution in [3.05, 3.63) is 23.7 Å². The zero-order valence-corrected chi connectivity index (χ0v) is 8.58. The van der Waals surface area contributed by atoms with Gasteiger partial charge in [0.25, 0.3) is 0 Å². The van der Waals surface area contributed by atoms with Crippen molar-refractivity contribution in [1.82, 2.24) is 5.32 Å². The predicted octanol–water partition coefficient (Wildman–Crippen LogP) is 1.86. The molecule has 0 amide bonds. The summed E-state index contributed by atoms with van der Waals surface area (Å²) in [6.07, 6.45) is 4.53. The molecule has 3 heteroatoms. The first-order valence-electron chi connectivity index (χ1n) is 5.21. The molecule has 0 saturated carbocycles. The summed E-state index contributed by atoms with van der Waals surface area (Å²) in [4.78, 5) is 0. The summed E-state index contributed by atoms with van der Waals surface area (Å²) in [5.41, 5.74) is 1.21. The highest BCUT2D eigenvalue weighted by atomic mass is 16.5. The van der Waals surface area contributed by atoms with Crippen LogP contribution in [0.15, 0.2) is 16.7 Å². The van der Waals surface area contributed by atoms with Gasteiger partial charge in [0.15, 0.2) is 0 Å². The molecule has 2 rings (SSSR count). The summed E-state index contributed by atoms with van der Waals surface area (Å²) < 4.78 is 10.8. The molecule has 1 saturated heterocycles. The number of ether oxygens (including phenoxy) is 1. The van der Waals surface area contributed by atoms with Crippen molar-refractivity contribution in [2.45, 2.75) is 32.4 Å². The van der Waals surface area contributed by atoms with E-state index < -0.39 is 0 Å². The second-order valence-electron chi connectivity index (χ2n) is 3.79. The first-order valence-corrected chi connectivity index (χ1v) is 5.21. The molecule has 3 nitrogen and oxygen atoms in total. The van der Waals surface area contributed by atoms with Gasteiger partial charge in [-0.15, -0.1) is 0 Å². The molecule has 78 valence electrons. The van der Waals surface area contributed by atoms with Crippen LogP contribution in [0.4, 0.5) is 0 Å². The molecule has 1 aromatic rings. The van der Waals surface area contributed by atoms with Gasteiger partial charge < -0.3 is 14.5 Å². The van der Waals surface area contributed by atoms with Crippen molar-refractivity contribution in [2.75, 3.05) is 13.2 Å². The van der Waals surface area contributed by atoms with E-state index in [-0.39, 0.29) is 0 Å². The van der Waals surface area contributed by atoms with Crippen molar-refractivity contribution >= 4 is 0 Å². The molecular formula is C11H17NO2. The summed E-state index contributed by atoms with van der Waals surface area (Å²) in [7, 11) is 0. The molecule has 1 N–H and O–H groups in total. The fraction of sp³-hybridized carbons (Fsp3) is 0.636. The minimum atomic E-state index is 0.408. The Morgan fingerprint density at radius 3 is 3.14 bits per heavy atom. The van der Waals surface area contributed by atoms with E-state index in [1.165, 1.54) is 18.4 Å². The third kappa shape index (κ3) is 2.36. The lowest BCUT2D eigenvalue weighted by Gasteiger charge is -2.09. The fourth-order valence-corrected chi connectivity index (χ4v) is 1.74. The number of furan rings is 1. The van der Waals surface area contributed by atoms with Gasteiger partial charge in [-0.25, -0.2) is 0 Å². The van der Waals surface area contributed by atoms with E-state index in [1.807, 2.05) is 6.07 Å². The van der Waals surface area contributed by atoms with E-state index in [0.29, 0.717) is 6.10 Å². The van der Waals surface area contributed by atoms with Gasteiger partial charge in [0.05, 0.1) is 18.9 Å². The van der Waals surface area contributed by atoms with Crippen molar-refractivity contribution in [1.29, 1.82) is 0 Å². The zero-order valence-electron chi connectivity index (χ0n) is 8.58. The smallest absolute Gasteiger partial charge is 0.120 e. The lowest BCUT2D eigenvalue weighted by molar-refractivity contribution is 0.109. The highest BCUT2D eigenvalue weighted by Crippen LogP contribution is 2.12. The van der Waals surface area contributed by atoms with E-state index in [9.17, 15) is 0 Å². The van der Waals surface area contributed by atoms with Crippen molar-refractivity contribution in [2.24, 2.45) is 0 Å². The van der Waals surface area contributed by atoms with Gasteiger partial charge in [-0.2, -0.15) is 0 Å². The van der Waals surface area contributed by atoms with Crippen LogP contribution in [0.5, 0.6) is 0 Å². The molecule has 2 heterocycles. The Hall–Kier alpha value is -0.800. The Bertz CT molecular complexity index is 277. The molecule has 1 fully saturated rings. The molecule has 14 heavy (non-hydrogen) atoms. The maximum atomic E-state index is 5.51. The maximum absolute atomic E-state index is 5.51. The van der Waals surface area contributed by atoms with Crippen LogP contribution in [0.2, 0.25) is 0 Å². The number of hydrogen-bond acceptors (Lipinski definition) is 3. The minimum absolute atomic E-state index is 0.408. The first kappa shape index (κ1) is 9.74. The molecule has 1 aliphatic rings. The average Bonchev–Trinajstić information content (AvgIpc) is 2.78. The normalized spacial score (nSPS) is 21.6. The van der Waals surface area contributed by atoms with Crippen LogP contribution in [0.25, 0.3) is 0 Å². The summed E-state index contributed by atoms with van der Waals surface area (Å²) in [6, 6.07) is 1.99. The standard InChI is InChI=1S/C11H17NO2/c1-9-4-6-14-11(9)8-12-7-10-3-2-5-13-10/h4,6,10,12H,2-3,5,7-8H2,1H3. The maximum Gasteiger partial charge on any atom is 0.120 e. The quantitative estimate of drug-likeness (QED) is 0.796.